The van der Waals surface area contributed by atoms with Crippen molar-refractivity contribution in [2.45, 2.75) is 0 Å². The first kappa shape index (κ1) is 18.1. The first-order valence-corrected chi connectivity index (χ1v) is 7.28. The highest BCUT2D eigenvalue weighted by molar-refractivity contribution is 9.10. The van der Waals surface area contributed by atoms with Crippen molar-refractivity contribution in [3.8, 4) is 0 Å². The van der Waals surface area contributed by atoms with E-state index in [1.807, 2.05) is 0 Å². The summed E-state index contributed by atoms with van der Waals surface area (Å²) in [6, 6.07) is 6.82. The summed E-state index contributed by atoms with van der Waals surface area (Å²) in [5, 5.41) is 4.92. The fourth-order valence-corrected chi connectivity index (χ4v) is 1.90. The molecule has 0 unspecified atom stereocenters. The number of amides is 2. The summed E-state index contributed by atoms with van der Waals surface area (Å²) < 4.78 is 10.1. The van der Waals surface area contributed by atoms with Crippen molar-refractivity contribution < 1.29 is 23.9 Å². The molecule has 0 radical (unpaired) electrons. The maximum absolute atomic E-state index is 11.8. The first-order chi connectivity index (χ1) is 10.5. The van der Waals surface area contributed by atoms with Crippen LogP contribution in [0.1, 0.15) is 10.4 Å². The Morgan fingerprint density at radius 2 is 1.91 bits per heavy atom. The van der Waals surface area contributed by atoms with Crippen LogP contribution in [-0.4, -0.2) is 51.2 Å². The average molecular weight is 373 g/mol. The monoisotopic (exact) mass is 372 g/mol. The van der Waals surface area contributed by atoms with Gasteiger partial charge in [0.05, 0.1) is 12.2 Å². The van der Waals surface area contributed by atoms with Crippen molar-refractivity contribution in [2.75, 3.05) is 33.4 Å². The van der Waals surface area contributed by atoms with E-state index in [1.54, 1.807) is 24.3 Å². The highest BCUT2D eigenvalue weighted by Gasteiger charge is 2.12. The molecular weight excluding hydrogens is 356 g/mol. The van der Waals surface area contributed by atoms with Gasteiger partial charge in [0.1, 0.15) is 6.54 Å². The van der Waals surface area contributed by atoms with Gasteiger partial charge < -0.3 is 20.1 Å². The predicted octanol–water partition coefficient (Wildman–Crippen LogP) is 0.485. The molecule has 8 heteroatoms. The second-order valence-electron chi connectivity index (χ2n) is 4.17. The molecule has 7 nitrogen and oxygen atoms in total. The van der Waals surface area contributed by atoms with E-state index >= 15 is 0 Å². The zero-order valence-corrected chi connectivity index (χ0v) is 13.6. The van der Waals surface area contributed by atoms with Crippen LogP contribution in [0.25, 0.3) is 0 Å². The molecule has 0 aliphatic rings. The Balaban J connectivity index is 2.27. The maximum atomic E-state index is 11.8. The molecule has 0 fully saturated rings. The van der Waals surface area contributed by atoms with Gasteiger partial charge in [0.25, 0.3) is 11.8 Å². The number of carbonyl (C=O) groups excluding carboxylic acids is 3. The zero-order chi connectivity index (χ0) is 16.4. The third-order valence-electron chi connectivity index (χ3n) is 2.50. The standard InChI is InChI=1S/C14H17BrN2O5/c1-21-7-6-16-12(18)9-22-13(19)8-17-14(20)10-4-2-3-5-11(10)15/h2-5H,6-9H2,1H3,(H,16,18)(H,17,20). The van der Waals surface area contributed by atoms with Gasteiger partial charge in [-0.2, -0.15) is 0 Å². The van der Waals surface area contributed by atoms with Crippen LogP contribution in [0.4, 0.5) is 0 Å². The van der Waals surface area contributed by atoms with Gasteiger partial charge in [-0.05, 0) is 28.1 Å². The number of halogens is 1. The van der Waals surface area contributed by atoms with Crippen molar-refractivity contribution in [1.82, 2.24) is 10.6 Å². The van der Waals surface area contributed by atoms with Crippen LogP contribution in [-0.2, 0) is 19.1 Å². The van der Waals surface area contributed by atoms with E-state index in [9.17, 15) is 14.4 Å². The summed E-state index contributed by atoms with van der Waals surface area (Å²) in [5.41, 5.74) is 0.410. The Bertz CT molecular complexity index is 536. The molecule has 22 heavy (non-hydrogen) atoms. The van der Waals surface area contributed by atoms with E-state index in [1.165, 1.54) is 7.11 Å². The second kappa shape index (κ2) is 9.91. The Morgan fingerprint density at radius 3 is 2.59 bits per heavy atom. The predicted molar refractivity (Wildman–Crippen MR) is 82.3 cm³/mol. The van der Waals surface area contributed by atoms with Crippen LogP contribution >= 0.6 is 15.9 Å². The summed E-state index contributed by atoms with van der Waals surface area (Å²) >= 11 is 3.24. The minimum absolute atomic E-state index is 0.314. The molecule has 120 valence electrons. The summed E-state index contributed by atoms with van der Waals surface area (Å²) in [6.07, 6.45) is 0. The van der Waals surface area contributed by atoms with E-state index in [0.717, 1.165) is 0 Å². The molecule has 1 aromatic rings. The molecule has 2 N–H and O–H groups in total. The summed E-state index contributed by atoms with van der Waals surface area (Å²) in [4.78, 5) is 34.6. The number of nitrogens with one attached hydrogen (secondary N) is 2. The SMILES string of the molecule is COCCNC(=O)COC(=O)CNC(=O)c1ccccc1Br. The van der Waals surface area contributed by atoms with Gasteiger partial charge >= 0.3 is 5.97 Å². The lowest BCUT2D eigenvalue weighted by Crippen LogP contribution is -2.35. The quantitative estimate of drug-likeness (QED) is 0.511. The number of methoxy groups -OCH3 is 1. The third kappa shape index (κ3) is 6.68. The van der Waals surface area contributed by atoms with Gasteiger partial charge in [0, 0.05) is 18.1 Å². The summed E-state index contributed by atoms with van der Waals surface area (Å²) in [5.74, 6) is -1.53. The highest BCUT2D eigenvalue weighted by Crippen LogP contribution is 2.15. The number of hydrogen-bond donors (Lipinski definition) is 2. The number of ether oxygens (including phenoxy) is 2. The Morgan fingerprint density at radius 1 is 1.18 bits per heavy atom. The van der Waals surface area contributed by atoms with Gasteiger partial charge in [0.2, 0.25) is 0 Å². The Kier molecular flexibility index (Phi) is 8.16. The second-order valence-corrected chi connectivity index (χ2v) is 5.02. The highest BCUT2D eigenvalue weighted by atomic mass is 79.9. The molecule has 0 aliphatic carbocycles. The topological polar surface area (TPSA) is 93.7 Å². The average Bonchev–Trinajstić information content (AvgIpc) is 2.51. The van der Waals surface area contributed by atoms with Crippen molar-refractivity contribution in [3.63, 3.8) is 0 Å². The summed E-state index contributed by atoms with van der Waals surface area (Å²) in [6.45, 7) is 0.00627. The Hall–Kier alpha value is -1.93. The van der Waals surface area contributed by atoms with Crippen LogP contribution < -0.4 is 10.6 Å². The van der Waals surface area contributed by atoms with Gasteiger partial charge in [-0.25, -0.2) is 0 Å². The molecule has 0 spiro atoms. The minimum atomic E-state index is -0.692. The van der Waals surface area contributed by atoms with Crippen LogP contribution in [0, 0.1) is 0 Å². The normalized spacial score (nSPS) is 9.91. The largest absolute Gasteiger partial charge is 0.454 e. The number of esters is 1. The van der Waals surface area contributed by atoms with E-state index in [4.69, 9.17) is 9.47 Å². The van der Waals surface area contributed by atoms with Gasteiger partial charge in [-0.1, -0.05) is 12.1 Å². The molecular formula is C14H17BrN2O5. The van der Waals surface area contributed by atoms with Crippen LogP contribution in [0.15, 0.2) is 28.7 Å². The van der Waals surface area contributed by atoms with Gasteiger partial charge in [-0.15, -0.1) is 0 Å². The molecule has 0 aromatic heterocycles. The molecule has 0 aliphatic heterocycles. The molecule has 1 rings (SSSR count). The molecule has 2 amide bonds. The van der Waals surface area contributed by atoms with Crippen molar-refractivity contribution in [1.29, 1.82) is 0 Å². The summed E-state index contributed by atoms with van der Waals surface area (Å²) in [7, 11) is 1.51. The minimum Gasteiger partial charge on any atom is -0.454 e. The molecule has 0 bridgehead atoms. The molecule has 0 atom stereocenters. The molecule has 0 saturated carbocycles. The van der Waals surface area contributed by atoms with Crippen molar-refractivity contribution in [2.24, 2.45) is 0 Å². The van der Waals surface area contributed by atoms with Crippen molar-refractivity contribution in [3.05, 3.63) is 34.3 Å². The van der Waals surface area contributed by atoms with Gasteiger partial charge in [-0.3, -0.25) is 14.4 Å². The number of carbonyl (C=O) groups is 3. The fraction of sp³-hybridized carbons (Fsp3) is 0.357. The molecule has 0 heterocycles. The lowest BCUT2D eigenvalue weighted by atomic mass is 10.2. The third-order valence-corrected chi connectivity index (χ3v) is 3.20. The van der Waals surface area contributed by atoms with Gasteiger partial charge in [0.15, 0.2) is 6.61 Å². The fourth-order valence-electron chi connectivity index (χ4n) is 1.43. The molecule has 1 aromatic carbocycles. The Labute approximate surface area is 136 Å². The van der Waals surface area contributed by atoms with Crippen LogP contribution in [0.3, 0.4) is 0 Å². The van der Waals surface area contributed by atoms with Crippen molar-refractivity contribution >= 4 is 33.7 Å². The number of rotatable bonds is 8. The van der Waals surface area contributed by atoms with E-state index in [2.05, 4.69) is 26.6 Å². The lowest BCUT2D eigenvalue weighted by Gasteiger charge is -2.08. The smallest absolute Gasteiger partial charge is 0.325 e. The van der Waals surface area contributed by atoms with Crippen LogP contribution in [0.5, 0.6) is 0 Å². The maximum Gasteiger partial charge on any atom is 0.325 e. The van der Waals surface area contributed by atoms with E-state index < -0.39 is 24.4 Å². The van der Waals surface area contributed by atoms with Crippen LogP contribution in [0.2, 0.25) is 0 Å². The zero-order valence-electron chi connectivity index (χ0n) is 12.1. The van der Waals surface area contributed by atoms with E-state index in [-0.39, 0.29) is 6.54 Å². The lowest BCUT2D eigenvalue weighted by molar-refractivity contribution is -0.147. The number of hydrogen-bond acceptors (Lipinski definition) is 5. The molecule has 0 saturated heterocycles. The number of benzene rings is 1. The van der Waals surface area contributed by atoms with E-state index in [0.29, 0.717) is 23.2 Å². The first-order valence-electron chi connectivity index (χ1n) is 6.48.